The van der Waals surface area contributed by atoms with Crippen LogP contribution in [0.4, 0.5) is 5.95 Å². The van der Waals surface area contributed by atoms with Gasteiger partial charge >= 0.3 is 0 Å². The minimum Gasteiger partial charge on any atom is -0.466 e. The number of rotatable bonds is 5. The van der Waals surface area contributed by atoms with E-state index in [0.717, 1.165) is 35.9 Å². The summed E-state index contributed by atoms with van der Waals surface area (Å²) in [6.45, 7) is 2.66. The average Bonchev–Trinajstić information content (AvgIpc) is 2.94. The summed E-state index contributed by atoms with van der Waals surface area (Å²) in [5.74, 6) is 2.49. The Morgan fingerprint density at radius 2 is 1.95 bits per heavy atom. The third-order valence-electron chi connectivity index (χ3n) is 3.03. The summed E-state index contributed by atoms with van der Waals surface area (Å²) in [5, 5.41) is 3.20. The molecule has 5 nitrogen and oxygen atoms in total. The molecule has 0 saturated heterocycles. The van der Waals surface area contributed by atoms with Gasteiger partial charge in [-0.3, -0.25) is 4.98 Å². The maximum absolute atomic E-state index is 5.52. The average molecular weight is 280 g/mol. The summed E-state index contributed by atoms with van der Waals surface area (Å²) in [5.41, 5.74) is 1.64. The second-order valence-electron chi connectivity index (χ2n) is 4.67. The van der Waals surface area contributed by atoms with Gasteiger partial charge in [-0.05, 0) is 37.3 Å². The van der Waals surface area contributed by atoms with E-state index in [2.05, 4.69) is 20.3 Å². The number of furan rings is 1. The van der Waals surface area contributed by atoms with Gasteiger partial charge in [0.05, 0.1) is 11.4 Å². The highest BCUT2D eigenvalue weighted by atomic mass is 16.3. The minimum atomic E-state index is 0.599. The maximum Gasteiger partial charge on any atom is 0.223 e. The Labute approximate surface area is 123 Å². The summed E-state index contributed by atoms with van der Waals surface area (Å²) in [6, 6.07) is 11.6. The molecule has 0 spiro atoms. The molecule has 0 fully saturated rings. The van der Waals surface area contributed by atoms with Crippen LogP contribution in [0, 0.1) is 6.92 Å². The second-order valence-corrected chi connectivity index (χ2v) is 4.67. The van der Waals surface area contributed by atoms with Crippen molar-refractivity contribution in [3.63, 3.8) is 0 Å². The second kappa shape index (κ2) is 6.17. The quantitative estimate of drug-likeness (QED) is 0.778. The molecule has 0 aromatic carbocycles. The molecule has 3 rings (SSSR count). The normalized spacial score (nSPS) is 10.5. The Morgan fingerprint density at radius 1 is 1.00 bits per heavy atom. The maximum atomic E-state index is 5.52. The van der Waals surface area contributed by atoms with E-state index in [0.29, 0.717) is 5.95 Å². The van der Waals surface area contributed by atoms with E-state index in [1.165, 1.54) is 0 Å². The molecule has 21 heavy (non-hydrogen) atoms. The number of hydrogen-bond acceptors (Lipinski definition) is 5. The molecule has 0 bridgehead atoms. The fourth-order valence-corrected chi connectivity index (χ4v) is 2.02. The van der Waals surface area contributed by atoms with Gasteiger partial charge in [0.15, 0.2) is 0 Å². The molecule has 3 heterocycles. The minimum absolute atomic E-state index is 0.599. The topological polar surface area (TPSA) is 63.8 Å². The molecule has 5 heteroatoms. The highest BCUT2D eigenvalue weighted by Gasteiger charge is 2.03. The number of nitrogens with one attached hydrogen (secondary N) is 1. The lowest BCUT2D eigenvalue weighted by Gasteiger charge is -2.05. The van der Waals surface area contributed by atoms with E-state index in [1.54, 1.807) is 12.4 Å². The van der Waals surface area contributed by atoms with Crippen molar-refractivity contribution in [3.8, 4) is 11.4 Å². The monoisotopic (exact) mass is 280 g/mol. The van der Waals surface area contributed by atoms with Crippen LogP contribution < -0.4 is 5.32 Å². The molecule has 0 atom stereocenters. The molecule has 0 radical (unpaired) electrons. The highest BCUT2D eigenvalue weighted by Crippen LogP contribution is 2.14. The Balaban J connectivity index is 1.64. The first-order valence-electron chi connectivity index (χ1n) is 6.85. The van der Waals surface area contributed by atoms with Crippen molar-refractivity contribution in [2.75, 3.05) is 11.9 Å². The standard InChI is InChI=1S/C16H16N4O/c1-12-5-6-13(21-12)7-10-18-16-19-11-8-15(20-16)14-4-2-3-9-17-14/h2-6,8-9,11H,7,10H2,1H3,(H,18,19,20). The number of aromatic nitrogens is 3. The molecule has 0 aliphatic rings. The third kappa shape index (κ3) is 3.45. The fourth-order valence-electron chi connectivity index (χ4n) is 2.02. The number of nitrogens with zero attached hydrogens (tertiary/aromatic N) is 3. The molecular formula is C16H16N4O. The Morgan fingerprint density at radius 3 is 2.71 bits per heavy atom. The zero-order valence-corrected chi connectivity index (χ0v) is 11.8. The van der Waals surface area contributed by atoms with Crippen LogP contribution in [-0.4, -0.2) is 21.5 Å². The van der Waals surface area contributed by atoms with Gasteiger partial charge in [-0.2, -0.15) is 0 Å². The Bertz CT molecular complexity index is 709. The fraction of sp³-hybridized carbons (Fsp3) is 0.188. The predicted molar refractivity (Wildman–Crippen MR) is 80.9 cm³/mol. The van der Waals surface area contributed by atoms with Crippen LogP contribution in [0.15, 0.2) is 53.2 Å². The van der Waals surface area contributed by atoms with Gasteiger partial charge in [-0.1, -0.05) is 6.07 Å². The number of pyridine rings is 1. The number of aryl methyl sites for hydroxylation is 1. The van der Waals surface area contributed by atoms with Crippen molar-refractivity contribution in [1.29, 1.82) is 0 Å². The highest BCUT2D eigenvalue weighted by molar-refractivity contribution is 5.54. The first-order valence-corrected chi connectivity index (χ1v) is 6.85. The largest absolute Gasteiger partial charge is 0.466 e. The van der Waals surface area contributed by atoms with E-state index in [1.807, 2.05) is 43.3 Å². The zero-order valence-electron chi connectivity index (χ0n) is 11.8. The molecule has 0 unspecified atom stereocenters. The van der Waals surface area contributed by atoms with Crippen LogP contribution in [0.5, 0.6) is 0 Å². The van der Waals surface area contributed by atoms with E-state index in [4.69, 9.17) is 4.42 Å². The van der Waals surface area contributed by atoms with Gasteiger partial charge in [0.2, 0.25) is 5.95 Å². The SMILES string of the molecule is Cc1ccc(CCNc2nccc(-c3ccccn3)n2)o1. The molecule has 0 aliphatic carbocycles. The van der Waals surface area contributed by atoms with Crippen molar-refractivity contribution in [1.82, 2.24) is 15.0 Å². The molecule has 0 amide bonds. The van der Waals surface area contributed by atoms with E-state index in [9.17, 15) is 0 Å². The van der Waals surface area contributed by atoms with Crippen LogP contribution in [-0.2, 0) is 6.42 Å². The van der Waals surface area contributed by atoms with E-state index >= 15 is 0 Å². The molecule has 3 aromatic rings. The number of hydrogen-bond donors (Lipinski definition) is 1. The van der Waals surface area contributed by atoms with Crippen molar-refractivity contribution < 1.29 is 4.42 Å². The summed E-state index contributed by atoms with van der Waals surface area (Å²) < 4.78 is 5.52. The Hall–Kier alpha value is -2.69. The number of anilines is 1. The van der Waals surface area contributed by atoms with Crippen LogP contribution in [0.2, 0.25) is 0 Å². The van der Waals surface area contributed by atoms with Crippen LogP contribution in [0.3, 0.4) is 0 Å². The predicted octanol–water partition coefficient (Wildman–Crippen LogP) is 3.09. The van der Waals surface area contributed by atoms with Gasteiger partial charge in [0, 0.05) is 25.4 Å². The molecule has 0 saturated carbocycles. The molecule has 1 N–H and O–H groups in total. The van der Waals surface area contributed by atoms with Crippen molar-refractivity contribution in [2.45, 2.75) is 13.3 Å². The first kappa shape index (κ1) is 13.3. The third-order valence-corrected chi connectivity index (χ3v) is 3.03. The van der Waals surface area contributed by atoms with Gasteiger partial charge in [0.25, 0.3) is 0 Å². The van der Waals surface area contributed by atoms with Crippen LogP contribution >= 0.6 is 0 Å². The summed E-state index contributed by atoms with van der Waals surface area (Å²) in [7, 11) is 0. The van der Waals surface area contributed by atoms with Crippen molar-refractivity contribution >= 4 is 5.95 Å². The first-order chi connectivity index (χ1) is 10.3. The molecule has 0 aliphatic heterocycles. The van der Waals surface area contributed by atoms with E-state index < -0.39 is 0 Å². The summed E-state index contributed by atoms with van der Waals surface area (Å²) in [6.07, 6.45) is 4.28. The van der Waals surface area contributed by atoms with Crippen molar-refractivity contribution in [3.05, 3.63) is 60.3 Å². The zero-order chi connectivity index (χ0) is 14.5. The lowest BCUT2D eigenvalue weighted by atomic mass is 10.2. The van der Waals surface area contributed by atoms with Crippen LogP contribution in [0.1, 0.15) is 11.5 Å². The smallest absolute Gasteiger partial charge is 0.223 e. The van der Waals surface area contributed by atoms with E-state index in [-0.39, 0.29) is 0 Å². The van der Waals surface area contributed by atoms with Gasteiger partial charge < -0.3 is 9.73 Å². The molecule has 106 valence electrons. The summed E-state index contributed by atoms with van der Waals surface area (Å²) in [4.78, 5) is 13.0. The van der Waals surface area contributed by atoms with Gasteiger partial charge in [-0.15, -0.1) is 0 Å². The van der Waals surface area contributed by atoms with Gasteiger partial charge in [-0.25, -0.2) is 9.97 Å². The lowest BCUT2D eigenvalue weighted by molar-refractivity contribution is 0.486. The molecular weight excluding hydrogens is 264 g/mol. The lowest BCUT2D eigenvalue weighted by Crippen LogP contribution is -2.07. The van der Waals surface area contributed by atoms with Crippen molar-refractivity contribution in [2.24, 2.45) is 0 Å². The Kier molecular flexibility index (Phi) is 3.91. The summed E-state index contributed by atoms with van der Waals surface area (Å²) >= 11 is 0. The molecule has 3 aromatic heterocycles. The van der Waals surface area contributed by atoms with Crippen LogP contribution in [0.25, 0.3) is 11.4 Å². The van der Waals surface area contributed by atoms with Gasteiger partial charge in [0.1, 0.15) is 11.5 Å².